The lowest BCUT2D eigenvalue weighted by molar-refractivity contribution is -0.145. The van der Waals surface area contributed by atoms with E-state index in [2.05, 4.69) is 12.1 Å². The van der Waals surface area contributed by atoms with Gasteiger partial charge in [-0.25, -0.2) is 4.39 Å². The predicted molar refractivity (Wildman–Crippen MR) is 146 cm³/mol. The van der Waals surface area contributed by atoms with E-state index in [1.165, 1.54) is 24.6 Å². The molecule has 2 heterocycles. The van der Waals surface area contributed by atoms with Gasteiger partial charge in [0.1, 0.15) is 23.4 Å². The Labute approximate surface area is 228 Å². The van der Waals surface area contributed by atoms with E-state index in [4.69, 9.17) is 4.74 Å². The summed E-state index contributed by atoms with van der Waals surface area (Å²) in [5.74, 6) is 0.739. The highest BCUT2D eigenvalue weighted by Gasteiger charge is 2.44. The minimum atomic E-state index is -0.518. The van der Waals surface area contributed by atoms with Crippen molar-refractivity contribution in [3.8, 4) is 11.5 Å². The first-order chi connectivity index (χ1) is 18.9. The maximum Gasteiger partial charge on any atom is 0.245 e. The number of nitrogens with zero attached hydrogens (tertiary/aromatic N) is 2. The number of rotatable bonds is 8. The van der Waals surface area contributed by atoms with Crippen LogP contribution in [-0.2, 0) is 27.2 Å². The predicted octanol–water partition coefficient (Wildman–Crippen LogP) is 5.20. The molecule has 5 rings (SSSR count). The molecule has 0 spiro atoms. The number of likely N-dealkylation sites (tertiary alicyclic amines) is 2. The molecule has 7 heteroatoms. The number of carbonyl (C=O) groups excluding carboxylic acids is 3. The fourth-order valence-electron chi connectivity index (χ4n) is 5.79. The number of hydrogen-bond donors (Lipinski definition) is 0. The molecule has 2 fully saturated rings. The highest BCUT2D eigenvalue weighted by atomic mass is 19.1. The van der Waals surface area contributed by atoms with E-state index in [-0.39, 0.29) is 35.8 Å². The summed E-state index contributed by atoms with van der Waals surface area (Å²) in [6.07, 6.45) is 3.03. The van der Waals surface area contributed by atoms with Crippen molar-refractivity contribution in [2.75, 3.05) is 13.1 Å². The maximum atomic E-state index is 13.7. The van der Waals surface area contributed by atoms with Crippen LogP contribution in [0, 0.1) is 11.7 Å². The van der Waals surface area contributed by atoms with Crippen molar-refractivity contribution >= 4 is 17.6 Å². The lowest BCUT2D eigenvalue weighted by Gasteiger charge is -2.30. The summed E-state index contributed by atoms with van der Waals surface area (Å²) in [4.78, 5) is 42.9. The zero-order valence-corrected chi connectivity index (χ0v) is 22.1. The molecule has 3 atom stereocenters. The van der Waals surface area contributed by atoms with Gasteiger partial charge in [-0.1, -0.05) is 42.5 Å². The average Bonchev–Trinajstić information content (AvgIpc) is 3.59. The van der Waals surface area contributed by atoms with Crippen LogP contribution in [0.4, 0.5) is 4.39 Å². The molecule has 0 saturated carbocycles. The van der Waals surface area contributed by atoms with Crippen molar-refractivity contribution in [2.45, 2.75) is 51.1 Å². The molecule has 202 valence electrons. The zero-order chi connectivity index (χ0) is 27.4. The van der Waals surface area contributed by atoms with E-state index >= 15 is 0 Å². The second-order valence-corrected chi connectivity index (χ2v) is 10.5. The van der Waals surface area contributed by atoms with Crippen LogP contribution >= 0.6 is 0 Å². The number of ether oxygens (including phenoxy) is 1. The largest absolute Gasteiger partial charge is 0.457 e. The number of Topliss-reactive ketones (excluding diaryl/α,β-unsaturated/α-hetero) is 1. The minimum Gasteiger partial charge on any atom is -0.457 e. The lowest BCUT2D eigenvalue weighted by Crippen LogP contribution is -2.50. The van der Waals surface area contributed by atoms with Gasteiger partial charge in [-0.15, -0.1) is 0 Å². The molecule has 2 aliphatic rings. The molecule has 3 aromatic carbocycles. The van der Waals surface area contributed by atoms with Gasteiger partial charge in [0.25, 0.3) is 0 Å². The molecular weight excluding hydrogens is 495 g/mol. The Morgan fingerprint density at radius 1 is 0.846 bits per heavy atom. The summed E-state index contributed by atoms with van der Waals surface area (Å²) >= 11 is 0. The fourth-order valence-corrected chi connectivity index (χ4v) is 5.79. The normalized spacial score (nSPS) is 20.7. The number of ketones is 1. The Hall–Kier alpha value is -4.00. The van der Waals surface area contributed by atoms with Crippen LogP contribution in [-0.4, -0.2) is 52.6 Å². The topological polar surface area (TPSA) is 66.9 Å². The summed E-state index contributed by atoms with van der Waals surface area (Å²) in [6, 6.07) is 22.2. The first-order valence-electron chi connectivity index (χ1n) is 13.5. The van der Waals surface area contributed by atoms with E-state index in [0.717, 1.165) is 18.4 Å². The Morgan fingerprint density at radius 3 is 2.18 bits per heavy atom. The van der Waals surface area contributed by atoms with E-state index < -0.39 is 12.1 Å². The second kappa shape index (κ2) is 11.8. The number of halogens is 1. The molecule has 0 unspecified atom stereocenters. The lowest BCUT2D eigenvalue weighted by atomic mass is 9.94. The minimum absolute atomic E-state index is 0.00140. The van der Waals surface area contributed by atoms with Crippen molar-refractivity contribution in [1.29, 1.82) is 0 Å². The molecular formula is C32H33FN2O4. The van der Waals surface area contributed by atoms with Crippen molar-refractivity contribution in [3.05, 3.63) is 95.8 Å². The zero-order valence-electron chi connectivity index (χ0n) is 22.1. The van der Waals surface area contributed by atoms with Crippen molar-refractivity contribution in [3.63, 3.8) is 0 Å². The van der Waals surface area contributed by atoms with Crippen LogP contribution in [0.25, 0.3) is 0 Å². The van der Waals surface area contributed by atoms with Crippen molar-refractivity contribution < 1.29 is 23.5 Å². The molecule has 39 heavy (non-hydrogen) atoms. The van der Waals surface area contributed by atoms with Gasteiger partial charge in [-0.2, -0.15) is 0 Å². The van der Waals surface area contributed by atoms with Gasteiger partial charge >= 0.3 is 0 Å². The molecule has 0 bridgehead atoms. The molecule has 0 aromatic heterocycles. The number of amides is 2. The maximum absolute atomic E-state index is 13.7. The summed E-state index contributed by atoms with van der Waals surface area (Å²) in [5.41, 5.74) is 2.02. The van der Waals surface area contributed by atoms with Crippen LogP contribution in [0.5, 0.6) is 11.5 Å². The van der Waals surface area contributed by atoms with E-state index in [1.54, 1.807) is 34.1 Å². The third-order valence-electron chi connectivity index (χ3n) is 7.70. The van der Waals surface area contributed by atoms with Gasteiger partial charge in [0, 0.05) is 26.4 Å². The highest BCUT2D eigenvalue weighted by Crippen LogP contribution is 2.31. The quantitative estimate of drug-likeness (QED) is 0.403. The average molecular weight is 529 g/mol. The van der Waals surface area contributed by atoms with Crippen LogP contribution in [0.15, 0.2) is 78.9 Å². The molecule has 2 saturated heterocycles. The summed E-state index contributed by atoms with van der Waals surface area (Å²) in [7, 11) is 0. The first-order valence-corrected chi connectivity index (χ1v) is 13.5. The standard InChI is InChI=1S/C32H33FN2O4/c1-22(36)34-17-5-8-29(34)32(38)35-21-25(18-23-6-3-2-4-7-23)19-30(35)31(37)20-24-9-13-27(14-10-24)39-28-15-11-26(33)12-16-28/h2-4,6-7,9-16,25,29-30H,5,8,17-21H2,1H3/t25-,29+,30+/m1/s1. The monoisotopic (exact) mass is 528 g/mol. The molecule has 0 radical (unpaired) electrons. The smallest absolute Gasteiger partial charge is 0.245 e. The van der Waals surface area contributed by atoms with Gasteiger partial charge in [0.15, 0.2) is 5.78 Å². The van der Waals surface area contributed by atoms with Crippen molar-refractivity contribution in [2.24, 2.45) is 5.92 Å². The SMILES string of the molecule is CC(=O)N1CCC[C@H]1C(=O)N1C[C@H](Cc2ccccc2)C[C@H]1C(=O)Cc1ccc(Oc2ccc(F)cc2)cc1. The Morgan fingerprint density at radius 2 is 1.51 bits per heavy atom. The third-order valence-corrected chi connectivity index (χ3v) is 7.70. The van der Waals surface area contributed by atoms with Crippen LogP contribution in [0.1, 0.15) is 37.3 Å². The Kier molecular flexibility index (Phi) is 8.05. The van der Waals surface area contributed by atoms with Gasteiger partial charge in [0.05, 0.1) is 6.04 Å². The van der Waals surface area contributed by atoms with Gasteiger partial charge in [-0.05, 0) is 79.1 Å². The molecule has 2 amide bonds. The molecule has 2 aliphatic heterocycles. The fraction of sp³-hybridized carbons (Fsp3) is 0.344. The van der Waals surface area contributed by atoms with E-state index in [0.29, 0.717) is 37.4 Å². The van der Waals surface area contributed by atoms with Crippen molar-refractivity contribution in [1.82, 2.24) is 9.80 Å². The van der Waals surface area contributed by atoms with Gasteiger partial charge < -0.3 is 14.5 Å². The van der Waals surface area contributed by atoms with Gasteiger partial charge in [-0.3, -0.25) is 14.4 Å². The summed E-state index contributed by atoms with van der Waals surface area (Å²) in [5, 5.41) is 0. The second-order valence-electron chi connectivity index (χ2n) is 10.5. The first kappa shape index (κ1) is 26.6. The van der Waals surface area contributed by atoms with E-state index in [9.17, 15) is 18.8 Å². The molecule has 6 nitrogen and oxygen atoms in total. The molecule has 3 aromatic rings. The number of carbonyl (C=O) groups is 3. The summed E-state index contributed by atoms with van der Waals surface area (Å²) < 4.78 is 18.9. The third kappa shape index (κ3) is 6.36. The Bertz CT molecular complexity index is 1310. The summed E-state index contributed by atoms with van der Waals surface area (Å²) in [6.45, 7) is 2.59. The van der Waals surface area contributed by atoms with Crippen LogP contribution in [0.2, 0.25) is 0 Å². The number of hydrogen-bond acceptors (Lipinski definition) is 4. The molecule has 0 aliphatic carbocycles. The molecule has 0 N–H and O–H groups in total. The number of benzene rings is 3. The van der Waals surface area contributed by atoms with Crippen LogP contribution < -0.4 is 4.74 Å². The highest BCUT2D eigenvalue weighted by molar-refractivity contribution is 5.94. The van der Waals surface area contributed by atoms with E-state index in [1.807, 2.05) is 30.3 Å². The van der Waals surface area contributed by atoms with Crippen LogP contribution in [0.3, 0.4) is 0 Å². The Balaban J connectivity index is 1.29. The van der Waals surface area contributed by atoms with Gasteiger partial charge in [0.2, 0.25) is 11.8 Å².